The lowest BCUT2D eigenvalue weighted by atomic mass is 9.99. The molecule has 5 nitrogen and oxygen atoms in total. The molecule has 178 valence electrons. The summed E-state index contributed by atoms with van der Waals surface area (Å²) >= 11 is 0. The van der Waals surface area contributed by atoms with Gasteiger partial charge in [-0.2, -0.15) is 13.2 Å². The van der Waals surface area contributed by atoms with Crippen LogP contribution in [0.5, 0.6) is 5.75 Å². The molecule has 2 aliphatic heterocycles. The Morgan fingerprint density at radius 2 is 1.76 bits per heavy atom. The molecule has 1 fully saturated rings. The van der Waals surface area contributed by atoms with Gasteiger partial charge in [-0.1, -0.05) is 12.1 Å². The number of rotatable bonds is 7. The van der Waals surface area contributed by atoms with Gasteiger partial charge in [0.2, 0.25) is 0 Å². The zero-order chi connectivity index (χ0) is 23.4. The third kappa shape index (κ3) is 5.79. The number of likely N-dealkylation sites (N-methyl/N-ethyl adjacent to an activating group) is 1. The summed E-state index contributed by atoms with van der Waals surface area (Å²) in [4.78, 5) is 18.4. The van der Waals surface area contributed by atoms with Gasteiger partial charge in [0.1, 0.15) is 5.75 Å². The molecule has 0 radical (unpaired) electrons. The molecule has 33 heavy (non-hydrogen) atoms. The van der Waals surface area contributed by atoms with Gasteiger partial charge in [0.15, 0.2) is 0 Å². The van der Waals surface area contributed by atoms with Crippen molar-refractivity contribution in [3.05, 3.63) is 59.2 Å². The Hall–Kier alpha value is -2.74. The van der Waals surface area contributed by atoms with Gasteiger partial charge >= 0.3 is 6.18 Å². The maximum Gasteiger partial charge on any atom is 0.416 e. The molecule has 0 aliphatic carbocycles. The first-order valence-corrected chi connectivity index (χ1v) is 11.5. The van der Waals surface area contributed by atoms with Crippen LogP contribution >= 0.6 is 0 Å². The van der Waals surface area contributed by atoms with Crippen LogP contribution in [0.2, 0.25) is 0 Å². The summed E-state index contributed by atoms with van der Waals surface area (Å²) in [6.07, 6.45) is -1.56. The number of ether oxygens (including phenoxy) is 1. The Morgan fingerprint density at radius 3 is 2.52 bits per heavy atom. The summed E-state index contributed by atoms with van der Waals surface area (Å²) in [5.74, 6) is 0.776. The summed E-state index contributed by atoms with van der Waals surface area (Å²) in [5.41, 5.74) is 1.85. The Balaban J connectivity index is 1.17. The molecule has 1 saturated heterocycles. The average Bonchev–Trinajstić information content (AvgIpc) is 2.81. The van der Waals surface area contributed by atoms with Crippen molar-refractivity contribution in [1.82, 2.24) is 9.80 Å². The number of hydrogen-bond donors (Lipinski definition) is 0. The monoisotopic (exact) mass is 461 g/mol. The number of alkyl halides is 3. The first-order chi connectivity index (χ1) is 15.8. The summed E-state index contributed by atoms with van der Waals surface area (Å²) in [7, 11) is 1.82. The molecule has 0 aromatic heterocycles. The number of amides is 1. The zero-order valence-corrected chi connectivity index (χ0v) is 18.9. The molecular weight excluding hydrogens is 431 g/mol. The highest BCUT2D eigenvalue weighted by molar-refractivity contribution is 5.97. The molecule has 8 heteroatoms. The van der Waals surface area contributed by atoms with Crippen molar-refractivity contribution >= 4 is 11.6 Å². The topological polar surface area (TPSA) is 36.0 Å². The Bertz CT molecular complexity index is 972. The van der Waals surface area contributed by atoms with Gasteiger partial charge in [0.25, 0.3) is 5.91 Å². The third-order valence-corrected chi connectivity index (χ3v) is 6.42. The number of unbranched alkanes of at least 4 members (excludes halogenated alkanes) is 1. The van der Waals surface area contributed by atoms with E-state index in [1.807, 2.05) is 30.1 Å². The second-order valence-electron chi connectivity index (χ2n) is 8.73. The minimum atomic E-state index is -4.31. The molecule has 0 saturated carbocycles. The van der Waals surface area contributed by atoms with E-state index in [1.165, 1.54) is 12.1 Å². The molecule has 2 heterocycles. The van der Waals surface area contributed by atoms with Crippen LogP contribution in [0.15, 0.2) is 42.5 Å². The van der Waals surface area contributed by atoms with E-state index in [-0.39, 0.29) is 5.91 Å². The quantitative estimate of drug-likeness (QED) is 0.576. The third-order valence-electron chi connectivity index (χ3n) is 6.42. The molecule has 0 bridgehead atoms. The van der Waals surface area contributed by atoms with Crippen LogP contribution in [0.4, 0.5) is 18.9 Å². The molecule has 1 amide bonds. The van der Waals surface area contributed by atoms with E-state index in [2.05, 4.69) is 4.90 Å². The number of carbonyl (C=O) groups excluding carboxylic acids is 1. The minimum Gasteiger partial charge on any atom is -0.494 e. The summed E-state index contributed by atoms with van der Waals surface area (Å²) < 4.78 is 44.8. The second kappa shape index (κ2) is 10.0. The van der Waals surface area contributed by atoms with E-state index in [4.69, 9.17) is 4.74 Å². The van der Waals surface area contributed by atoms with Gasteiger partial charge < -0.3 is 14.5 Å². The van der Waals surface area contributed by atoms with E-state index in [9.17, 15) is 18.0 Å². The predicted molar refractivity (Wildman–Crippen MR) is 122 cm³/mol. The maximum atomic E-state index is 13.0. The number of piperazine rings is 1. The molecule has 0 spiro atoms. The van der Waals surface area contributed by atoms with Gasteiger partial charge in [0, 0.05) is 51.0 Å². The van der Waals surface area contributed by atoms with Crippen LogP contribution in [0.1, 0.15) is 34.3 Å². The zero-order valence-electron chi connectivity index (χ0n) is 18.9. The standard InChI is InChI=1S/C25H30F3N3O2/c1-29-11-9-19-7-8-22(18-23(19)24(29)32)33-16-3-2-10-30-12-14-31(15-13-30)21-6-4-5-20(17-21)25(26,27)28/h4-8,17-18H,2-3,9-16H2,1H3. The van der Waals surface area contributed by atoms with Crippen molar-refractivity contribution in [2.45, 2.75) is 25.4 Å². The largest absolute Gasteiger partial charge is 0.494 e. The Labute approximate surface area is 192 Å². The van der Waals surface area contributed by atoms with Gasteiger partial charge in [-0.05, 0) is 61.7 Å². The van der Waals surface area contributed by atoms with Crippen molar-refractivity contribution in [3.8, 4) is 5.75 Å². The van der Waals surface area contributed by atoms with Gasteiger partial charge in [-0.25, -0.2) is 0 Å². The number of hydrogen-bond acceptors (Lipinski definition) is 4. The van der Waals surface area contributed by atoms with Crippen molar-refractivity contribution in [3.63, 3.8) is 0 Å². The molecular formula is C25H30F3N3O2. The van der Waals surface area contributed by atoms with Crippen LogP contribution in [0, 0.1) is 0 Å². The highest BCUT2D eigenvalue weighted by atomic mass is 19.4. The van der Waals surface area contributed by atoms with Crippen LogP contribution < -0.4 is 9.64 Å². The van der Waals surface area contributed by atoms with Crippen molar-refractivity contribution in [2.75, 3.05) is 57.8 Å². The molecule has 2 aromatic carbocycles. The first kappa shape index (κ1) is 23.4. The fraction of sp³-hybridized carbons (Fsp3) is 0.480. The van der Waals surface area contributed by atoms with E-state index in [1.54, 1.807) is 11.0 Å². The van der Waals surface area contributed by atoms with E-state index >= 15 is 0 Å². The lowest BCUT2D eigenvalue weighted by molar-refractivity contribution is -0.137. The molecule has 0 atom stereocenters. The van der Waals surface area contributed by atoms with Gasteiger partial charge in [0.05, 0.1) is 12.2 Å². The lowest BCUT2D eigenvalue weighted by Gasteiger charge is -2.36. The van der Waals surface area contributed by atoms with Crippen molar-refractivity contribution in [1.29, 1.82) is 0 Å². The number of fused-ring (bicyclic) bond motifs is 1. The normalized spacial score (nSPS) is 17.3. The van der Waals surface area contributed by atoms with E-state index in [0.717, 1.165) is 81.5 Å². The lowest BCUT2D eigenvalue weighted by Crippen LogP contribution is -2.46. The number of halogens is 3. The molecule has 0 unspecified atom stereocenters. The van der Waals surface area contributed by atoms with Crippen LogP contribution in [0.25, 0.3) is 0 Å². The summed E-state index contributed by atoms with van der Waals surface area (Å²) in [6.45, 7) is 5.38. The predicted octanol–water partition coefficient (Wildman–Crippen LogP) is 4.31. The van der Waals surface area contributed by atoms with Crippen molar-refractivity contribution < 1.29 is 22.7 Å². The number of nitrogens with zero attached hydrogens (tertiary/aromatic N) is 3. The summed E-state index contributed by atoms with van der Waals surface area (Å²) in [6, 6.07) is 11.3. The minimum absolute atomic E-state index is 0.0472. The number of benzene rings is 2. The molecule has 0 N–H and O–H groups in total. The molecule has 2 aromatic rings. The fourth-order valence-electron chi connectivity index (χ4n) is 4.39. The first-order valence-electron chi connectivity index (χ1n) is 11.5. The van der Waals surface area contributed by atoms with Gasteiger partial charge in [-0.15, -0.1) is 0 Å². The second-order valence-corrected chi connectivity index (χ2v) is 8.73. The summed E-state index contributed by atoms with van der Waals surface area (Å²) in [5, 5.41) is 0. The molecule has 4 rings (SSSR count). The maximum absolute atomic E-state index is 13.0. The molecule has 2 aliphatic rings. The van der Waals surface area contributed by atoms with E-state index in [0.29, 0.717) is 12.3 Å². The highest BCUT2D eigenvalue weighted by Gasteiger charge is 2.31. The number of anilines is 1. The van der Waals surface area contributed by atoms with Gasteiger partial charge in [-0.3, -0.25) is 9.69 Å². The number of carbonyl (C=O) groups is 1. The van der Waals surface area contributed by atoms with Crippen molar-refractivity contribution in [2.24, 2.45) is 0 Å². The van der Waals surface area contributed by atoms with Crippen LogP contribution in [-0.4, -0.2) is 68.6 Å². The fourth-order valence-corrected chi connectivity index (χ4v) is 4.39. The Morgan fingerprint density at radius 1 is 0.970 bits per heavy atom. The van der Waals surface area contributed by atoms with E-state index < -0.39 is 11.7 Å². The Kier molecular flexibility index (Phi) is 7.12. The average molecular weight is 462 g/mol. The smallest absolute Gasteiger partial charge is 0.416 e. The highest BCUT2D eigenvalue weighted by Crippen LogP contribution is 2.32. The van der Waals surface area contributed by atoms with Crippen LogP contribution in [0.3, 0.4) is 0 Å². The SMILES string of the molecule is CN1CCc2ccc(OCCCCN3CCN(c4cccc(C(F)(F)F)c4)CC3)cc2C1=O. The van der Waals surface area contributed by atoms with Crippen LogP contribution in [-0.2, 0) is 12.6 Å².